The van der Waals surface area contributed by atoms with Crippen molar-refractivity contribution in [1.82, 2.24) is 0 Å². The van der Waals surface area contributed by atoms with Gasteiger partial charge in [-0.2, -0.15) is 0 Å². The van der Waals surface area contributed by atoms with Gasteiger partial charge in [0.05, 0.1) is 6.42 Å². The molecule has 14 heavy (non-hydrogen) atoms. The Morgan fingerprint density at radius 1 is 1.57 bits per heavy atom. The molecule has 5 nitrogen and oxygen atoms in total. The highest BCUT2D eigenvalue weighted by Crippen LogP contribution is 2.20. The van der Waals surface area contributed by atoms with E-state index in [4.69, 9.17) is 15.6 Å². The molecule has 3 N–H and O–H groups in total. The van der Waals surface area contributed by atoms with Crippen LogP contribution in [0.2, 0.25) is 0 Å². The Morgan fingerprint density at radius 2 is 2.07 bits per heavy atom. The van der Waals surface area contributed by atoms with Crippen LogP contribution in [0.15, 0.2) is 0 Å². The highest BCUT2D eigenvalue weighted by molar-refractivity contribution is 5.77. The van der Waals surface area contributed by atoms with Crippen molar-refractivity contribution >= 4 is 11.9 Å². The molecule has 0 aliphatic carbocycles. The molecule has 0 spiro atoms. The summed E-state index contributed by atoms with van der Waals surface area (Å²) in [6.45, 7) is 4.69. The fourth-order valence-corrected chi connectivity index (χ4v) is 0.930. The molecule has 0 saturated heterocycles. The summed E-state index contributed by atoms with van der Waals surface area (Å²) in [7, 11) is 0. The molecule has 0 bridgehead atoms. The molecule has 0 rings (SSSR count). The molecular formula is C9H17NO4. The van der Waals surface area contributed by atoms with Crippen molar-refractivity contribution in [2.45, 2.75) is 45.3 Å². The highest BCUT2D eigenvalue weighted by atomic mass is 16.6. The number of aliphatic hydroxyl groups excluding tert-OH is 1. The van der Waals surface area contributed by atoms with Gasteiger partial charge in [-0.15, -0.1) is 0 Å². The second kappa shape index (κ2) is 4.95. The average molecular weight is 203 g/mol. The maximum atomic E-state index is 11.1. The third-order valence-corrected chi connectivity index (χ3v) is 1.98. The van der Waals surface area contributed by atoms with Crippen LogP contribution >= 0.6 is 0 Å². The van der Waals surface area contributed by atoms with Crippen molar-refractivity contribution in [3.8, 4) is 0 Å². The number of hydrogen-bond acceptors (Lipinski definition) is 4. The lowest BCUT2D eigenvalue weighted by Gasteiger charge is -2.27. The van der Waals surface area contributed by atoms with E-state index in [-0.39, 0.29) is 6.42 Å². The topological polar surface area (TPSA) is 89.6 Å². The lowest BCUT2D eigenvalue weighted by molar-refractivity contribution is -0.168. The zero-order valence-corrected chi connectivity index (χ0v) is 8.74. The third-order valence-electron chi connectivity index (χ3n) is 1.98. The van der Waals surface area contributed by atoms with Crippen molar-refractivity contribution in [1.29, 1.82) is 0 Å². The smallest absolute Gasteiger partial charge is 0.335 e. The monoisotopic (exact) mass is 203 g/mol. The Balaban J connectivity index is 4.39. The molecule has 0 aliphatic heterocycles. The number of amides is 1. The first kappa shape index (κ1) is 12.9. The maximum absolute atomic E-state index is 11.1. The van der Waals surface area contributed by atoms with E-state index in [0.717, 1.165) is 0 Å². The number of hydrogen-bond donors (Lipinski definition) is 2. The Morgan fingerprint density at radius 3 is 2.36 bits per heavy atom. The van der Waals surface area contributed by atoms with Crippen molar-refractivity contribution in [2.24, 2.45) is 5.73 Å². The summed E-state index contributed by atoms with van der Waals surface area (Å²) in [4.78, 5) is 21.8. The minimum absolute atomic E-state index is 0.0397. The molecule has 1 amide bonds. The van der Waals surface area contributed by atoms with Gasteiger partial charge in [0.2, 0.25) is 5.91 Å². The van der Waals surface area contributed by atoms with Gasteiger partial charge in [0.25, 0.3) is 0 Å². The highest BCUT2D eigenvalue weighted by Gasteiger charge is 2.30. The number of carbonyl (C=O) groups excluding carboxylic acids is 2. The number of rotatable bonds is 5. The van der Waals surface area contributed by atoms with Gasteiger partial charge in [0, 0.05) is 0 Å². The van der Waals surface area contributed by atoms with E-state index in [1.54, 1.807) is 13.8 Å². The number of primary amides is 1. The van der Waals surface area contributed by atoms with E-state index in [0.29, 0.717) is 6.42 Å². The molecule has 82 valence electrons. The average Bonchev–Trinajstić information content (AvgIpc) is 2.02. The van der Waals surface area contributed by atoms with Crippen LogP contribution < -0.4 is 5.73 Å². The van der Waals surface area contributed by atoms with E-state index in [1.807, 2.05) is 0 Å². The van der Waals surface area contributed by atoms with Gasteiger partial charge in [-0.3, -0.25) is 4.79 Å². The molecule has 0 aliphatic rings. The summed E-state index contributed by atoms with van der Waals surface area (Å²) in [5, 5.41) is 8.92. The summed E-state index contributed by atoms with van der Waals surface area (Å²) in [5.74, 6) is -1.27. The number of nitrogens with two attached hydrogens (primary N) is 1. The number of ether oxygens (including phenoxy) is 1. The van der Waals surface area contributed by atoms with Crippen LogP contribution in [-0.2, 0) is 14.3 Å². The summed E-state index contributed by atoms with van der Waals surface area (Å²) in [6, 6.07) is 0. The van der Waals surface area contributed by atoms with Crippen molar-refractivity contribution in [3.63, 3.8) is 0 Å². The van der Waals surface area contributed by atoms with Crippen molar-refractivity contribution < 1.29 is 19.4 Å². The normalized spacial score (nSPS) is 16.9. The summed E-state index contributed by atoms with van der Waals surface area (Å²) in [5.41, 5.74) is 4.10. The fraction of sp³-hybridized carbons (Fsp3) is 0.778. The Bertz CT molecular complexity index is 227. The van der Waals surface area contributed by atoms with E-state index < -0.39 is 23.6 Å². The standard InChI is InChI=1S/C9H17NO4/c1-4-9(3,5-7(10)12)14-8(13)6(2)11/h6,11H,4-5H2,1-3H3,(H2,10,12). The molecule has 2 unspecified atom stereocenters. The molecule has 0 saturated carbocycles. The maximum Gasteiger partial charge on any atom is 0.335 e. The quantitative estimate of drug-likeness (QED) is 0.613. The largest absolute Gasteiger partial charge is 0.457 e. The first-order valence-electron chi connectivity index (χ1n) is 4.50. The zero-order valence-electron chi connectivity index (χ0n) is 8.74. The predicted octanol–water partition coefficient (Wildman–Crippen LogP) is -0.0455. The van der Waals surface area contributed by atoms with E-state index in [2.05, 4.69) is 0 Å². The van der Waals surface area contributed by atoms with Gasteiger partial charge in [0.1, 0.15) is 11.7 Å². The number of esters is 1. The summed E-state index contributed by atoms with van der Waals surface area (Å²) < 4.78 is 4.97. The Labute approximate surface area is 83.2 Å². The van der Waals surface area contributed by atoms with Crippen LogP contribution in [0.4, 0.5) is 0 Å². The van der Waals surface area contributed by atoms with Crippen LogP contribution in [0.3, 0.4) is 0 Å². The van der Waals surface area contributed by atoms with Gasteiger partial charge in [-0.05, 0) is 20.3 Å². The molecule has 5 heteroatoms. The van der Waals surface area contributed by atoms with Crippen molar-refractivity contribution in [3.05, 3.63) is 0 Å². The van der Waals surface area contributed by atoms with E-state index in [9.17, 15) is 9.59 Å². The minimum atomic E-state index is -1.19. The molecule has 0 radical (unpaired) electrons. The summed E-state index contributed by atoms with van der Waals surface area (Å²) in [6.07, 6.45) is -0.759. The fourth-order valence-electron chi connectivity index (χ4n) is 0.930. The second-order valence-electron chi connectivity index (χ2n) is 3.54. The third kappa shape index (κ3) is 4.23. The van der Waals surface area contributed by atoms with Crippen LogP contribution in [-0.4, -0.2) is 28.7 Å². The number of carbonyl (C=O) groups is 2. The van der Waals surface area contributed by atoms with Crippen LogP contribution in [0.25, 0.3) is 0 Å². The summed E-state index contributed by atoms with van der Waals surface area (Å²) >= 11 is 0. The minimum Gasteiger partial charge on any atom is -0.457 e. The Hall–Kier alpha value is -1.10. The molecule has 0 aromatic heterocycles. The van der Waals surface area contributed by atoms with Gasteiger partial charge in [0.15, 0.2) is 0 Å². The van der Waals surface area contributed by atoms with Gasteiger partial charge < -0.3 is 15.6 Å². The lowest BCUT2D eigenvalue weighted by atomic mass is 9.98. The first-order chi connectivity index (χ1) is 6.30. The second-order valence-corrected chi connectivity index (χ2v) is 3.54. The molecule has 0 fully saturated rings. The molecular weight excluding hydrogens is 186 g/mol. The molecule has 0 aromatic carbocycles. The van der Waals surface area contributed by atoms with Crippen LogP contribution in [0.5, 0.6) is 0 Å². The van der Waals surface area contributed by atoms with E-state index >= 15 is 0 Å². The van der Waals surface area contributed by atoms with Crippen molar-refractivity contribution in [2.75, 3.05) is 0 Å². The zero-order chi connectivity index (χ0) is 11.4. The predicted molar refractivity (Wildman–Crippen MR) is 50.3 cm³/mol. The Kier molecular flexibility index (Phi) is 4.56. The number of aliphatic hydroxyl groups is 1. The molecule has 0 aromatic rings. The SMILES string of the molecule is CCC(C)(CC(N)=O)OC(=O)C(C)O. The van der Waals surface area contributed by atoms with Gasteiger partial charge in [-0.1, -0.05) is 6.92 Å². The first-order valence-corrected chi connectivity index (χ1v) is 4.50. The van der Waals surface area contributed by atoms with E-state index in [1.165, 1.54) is 6.92 Å². The molecule has 2 atom stereocenters. The molecule has 0 heterocycles. The lowest BCUT2D eigenvalue weighted by Crippen LogP contribution is -2.38. The van der Waals surface area contributed by atoms with Gasteiger partial charge >= 0.3 is 5.97 Å². The van der Waals surface area contributed by atoms with Crippen LogP contribution in [0, 0.1) is 0 Å². The van der Waals surface area contributed by atoms with Crippen LogP contribution in [0.1, 0.15) is 33.6 Å². The van der Waals surface area contributed by atoms with Gasteiger partial charge in [-0.25, -0.2) is 4.79 Å².